The van der Waals surface area contributed by atoms with Gasteiger partial charge in [0.05, 0.1) is 12.3 Å². The van der Waals surface area contributed by atoms with Gasteiger partial charge in [-0.25, -0.2) is 13.4 Å². The van der Waals surface area contributed by atoms with Gasteiger partial charge < -0.3 is 0 Å². The van der Waals surface area contributed by atoms with E-state index < -0.39 is 16.6 Å². The number of aryl methyl sites for hydroxylation is 1. The molecule has 0 aliphatic heterocycles. The fourth-order valence-electron chi connectivity index (χ4n) is 1.99. The van der Waals surface area contributed by atoms with Crippen LogP contribution in [0.15, 0.2) is 42.7 Å². The Kier molecular flexibility index (Phi) is 5.25. The number of sulfonamides is 1. The molecule has 120 valence electrons. The van der Waals surface area contributed by atoms with E-state index in [1.807, 2.05) is 30.3 Å². The number of nitrogens with zero attached hydrogens (tertiary/aromatic N) is 3. The molecule has 0 N–H and O–H groups in total. The van der Waals surface area contributed by atoms with Crippen molar-refractivity contribution in [3.63, 3.8) is 0 Å². The maximum absolute atomic E-state index is 12.7. The molecule has 0 fully saturated rings. The summed E-state index contributed by atoms with van der Waals surface area (Å²) in [6, 6.07) is 9.22. The largest absolute Gasteiger partial charge is 0.319 e. The van der Waals surface area contributed by atoms with Crippen molar-refractivity contribution in [1.82, 2.24) is 13.9 Å². The van der Waals surface area contributed by atoms with Crippen molar-refractivity contribution in [2.24, 2.45) is 0 Å². The maximum Gasteiger partial charge on any atom is 0.319 e. The first kappa shape index (κ1) is 16.6. The van der Waals surface area contributed by atoms with Crippen LogP contribution in [0.3, 0.4) is 0 Å². The second-order valence-corrected chi connectivity index (χ2v) is 7.03. The molecule has 0 saturated heterocycles. The molecule has 0 radical (unpaired) electrons. The summed E-state index contributed by atoms with van der Waals surface area (Å²) in [7, 11) is -2.18. The van der Waals surface area contributed by atoms with Crippen molar-refractivity contribution in [2.45, 2.75) is 19.5 Å². The van der Waals surface area contributed by atoms with Crippen molar-refractivity contribution in [2.75, 3.05) is 12.8 Å². The third kappa shape index (κ3) is 4.11. The standard InChI is InChI=1S/C14H17F2N3O2S/c1-18(11-13-17-8-9-19(13)14(15)16)22(20,21)10-7-12-5-3-2-4-6-12/h2-6,8-9,14H,7,10-11H2,1H3. The molecule has 0 amide bonds. The molecule has 1 heterocycles. The number of benzene rings is 1. The van der Waals surface area contributed by atoms with Gasteiger partial charge in [0, 0.05) is 19.4 Å². The van der Waals surface area contributed by atoms with Crippen LogP contribution in [0, 0.1) is 0 Å². The zero-order valence-corrected chi connectivity index (χ0v) is 12.9. The van der Waals surface area contributed by atoms with E-state index in [-0.39, 0.29) is 18.1 Å². The Morgan fingerprint density at radius 3 is 2.59 bits per heavy atom. The Balaban J connectivity index is 2.01. The van der Waals surface area contributed by atoms with Crippen LogP contribution in [0.4, 0.5) is 8.78 Å². The molecule has 2 aromatic rings. The summed E-state index contributed by atoms with van der Waals surface area (Å²) in [5.74, 6) is -0.0658. The Morgan fingerprint density at radius 2 is 1.95 bits per heavy atom. The molecule has 0 spiro atoms. The van der Waals surface area contributed by atoms with Gasteiger partial charge in [0.15, 0.2) is 0 Å². The van der Waals surface area contributed by atoms with Gasteiger partial charge in [-0.05, 0) is 12.0 Å². The number of alkyl halides is 2. The summed E-state index contributed by atoms with van der Waals surface area (Å²) in [6.07, 6.45) is 2.73. The quantitative estimate of drug-likeness (QED) is 0.783. The molecule has 22 heavy (non-hydrogen) atoms. The predicted octanol–water partition coefficient (Wildman–Crippen LogP) is 2.28. The average molecular weight is 329 g/mol. The van der Waals surface area contributed by atoms with E-state index in [1.54, 1.807) is 0 Å². The minimum atomic E-state index is -3.54. The fourth-order valence-corrected chi connectivity index (χ4v) is 3.11. The predicted molar refractivity (Wildman–Crippen MR) is 78.9 cm³/mol. The van der Waals surface area contributed by atoms with Crippen LogP contribution in [0.2, 0.25) is 0 Å². The lowest BCUT2D eigenvalue weighted by atomic mass is 10.2. The summed E-state index contributed by atoms with van der Waals surface area (Å²) in [5.41, 5.74) is 0.911. The van der Waals surface area contributed by atoms with E-state index in [2.05, 4.69) is 4.98 Å². The first-order chi connectivity index (χ1) is 10.4. The number of hydrogen-bond acceptors (Lipinski definition) is 3. The molecule has 0 aliphatic rings. The monoisotopic (exact) mass is 329 g/mol. The second kappa shape index (κ2) is 6.97. The lowest BCUT2D eigenvalue weighted by Crippen LogP contribution is -2.30. The highest BCUT2D eigenvalue weighted by Gasteiger charge is 2.21. The average Bonchev–Trinajstić information content (AvgIpc) is 2.94. The lowest BCUT2D eigenvalue weighted by Gasteiger charge is -2.17. The minimum Gasteiger partial charge on any atom is -0.277 e. The number of rotatable bonds is 7. The number of hydrogen-bond donors (Lipinski definition) is 0. The first-order valence-electron chi connectivity index (χ1n) is 6.68. The van der Waals surface area contributed by atoms with Crippen molar-refractivity contribution in [3.05, 3.63) is 54.1 Å². The first-order valence-corrected chi connectivity index (χ1v) is 8.29. The van der Waals surface area contributed by atoms with Crippen LogP contribution < -0.4 is 0 Å². The van der Waals surface area contributed by atoms with Crippen LogP contribution in [-0.2, 0) is 23.0 Å². The van der Waals surface area contributed by atoms with E-state index in [0.29, 0.717) is 11.0 Å². The number of aromatic nitrogens is 2. The summed E-state index contributed by atoms with van der Waals surface area (Å²) in [4.78, 5) is 3.79. The summed E-state index contributed by atoms with van der Waals surface area (Å²) in [5, 5.41) is 0. The molecule has 0 atom stereocenters. The Bertz CT molecular complexity index is 702. The van der Waals surface area contributed by atoms with Gasteiger partial charge in [-0.15, -0.1) is 0 Å². The highest BCUT2D eigenvalue weighted by Crippen LogP contribution is 2.15. The van der Waals surface area contributed by atoms with Gasteiger partial charge in [-0.2, -0.15) is 13.1 Å². The van der Waals surface area contributed by atoms with Crippen LogP contribution in [0.1, 0.15) is 17.9 Å². The molecule has 0 unspecified atom stereocenters. The van der Waals surface area contributed by atoms with E-state index in [1.165, 1.54) is 13.2 Å². The number of halogens is 2. The summed E-state index contributed by atoms with van der Waals surface area (Å²) >= 11 is 0. The summed E-state index contributed by atoms with van der Waals surface area (Å²) in [6.45, 7) is -2.92. The van der Waals surface area contributed by atoms with Crippen LogP contribution >= 0.6 is 0 Å². The smallest absolute Gasteiger partial charge is 0.277 e. The third-order valence-electron chi connectivity index (χ3n) is 3.29. The van der Waals surface area contributed by atoms with Crippen LogP contribution in [0.25, 0.3) is 0 Å². The molecule has 0 saturated carbocycles. The van der Waals surface area contributed by atoms with Gasteiger partial charge in [-0.3, -0.25) is 4.57 Å². The van der Waals surface area contributed by atoms with Crippen molar-refractivity contribution >= 4 is 10.0 Å². The van der Waals surface area contributed by atoms with Gasteiger partial charge in [0.25, 0.3) is 0 Å². The molecule has 8 heteroatoms. The zero-order valence-electron chi connectivity index (χ0n) is 12.1. The molecule has 2 rings (SSSR count). The van der Waals surface area contributed by atoms with Gasteiger partial charge in [0.1, 0.15) is 5.82 Å². The van der Waals surface area contributed by atoms with Crippen molar-refractivity contribution in [1.29, 1.82) is 0 Å². The molecular weight excluding hydrogens is 312 g/mol. The van der Waals surface area contributed by atoms with Crippen molar-refractivity contribution in [3.8, 4) is 0 Å². The minimum absolute atomic E-state index is 0.0146. The second-order valence-electron chi connectivity index (χ2n) is 4.84. The van der Waals surface area contributed by atoms with E-state index in [9.17, 15) is 17.2 Å². The lowest BCUT2D eigenvalue weighted by molar-refractivity contribution is 0.0658. The summed E-state index contributed by atoms with van der Waals surface area (Å²) < 4.78 is 51.6. The van der Waals surface area contributed by atoms with Crippen LogP contribution in [-0.4, -0.2) is 35.1 Å². The topological polar surface area (TPSA) is 55.2 Å². The highest BCUT2D eigenvalue weighted by atomic mass is 32.2. The Hall–Kier alpha value is -1.80. The Labute approximate surface area is 128 Å². The maximum atomic E-state index is 12.7. The molecule has 0 bridgehead atoms. The van der Waals surface area contributed by atoms with E-state index in [0.717, 1.165) is 16.1 Å². The van der Waals surface area contributed by atoms with Crippen LogP contribution in [0.5, 0.6) is 0 Å². The highest BCUT2D eigenvalue weighted by molar-refractivity contribution is 7.89. The number of imidazole rings is 1. The van der Waals surface area contributed by atoms with Crippen molar-refractivity contribution < 1.29 is 17.2 Å². The van der Waals surface area contributed by atoms with Gasteiger partial charge >= 0.3 is 6.55 Å². The fraction of sp³-hybridized carbons (Fsp3) is 0.357. The van der Waals surface area contributed by atoms with Gasteiger partial charge in [-0.1, -0.05) is 30.3 Å². The zero-order chi connectivity index (χ0) is 16.2. The third-order valence-corrected chi connectivity index (χ3v) is 5.09. The van der Waals surface area contributed by atoms with E-state index in [4.69, 9.17) is 0 Å². The molecule has 1 aromatic carbocycles. The van der Waals surface area contributed by atoms with Gasteiger partial charge in [0.2, 0.25) is 10.0 Å². The molecule has 1 aromatic heterocycles. The molecule has 0 aliphatic carbocycles. The SMILES string of the molecule is CN(Cc1nccn1C(F)F)S(=O)(=O)CCc1ccccc1. The molecular formula is C14H17F2N3O2S. The molecule has 5 nitrogen and oxygen atoms in total. The van der Waals surface area contributed by atoms with E-state index >= 15 is 0 Å². The Morgan fingerprint density at radius 1 is 1.27 bits per heavy atom. The normalized spacial score (nSPS) is 12.2.